The number of aryl methyl sites for hydroxylation is 1. The molecule has 2 N–H and O–H groups in total. The Kier molecular flexibility index (Phi) is 6.07. The monoisotopic (exact) mass is 309 g/mol. The van der Waals surface area contributed by atoms with Crippen LogP contribution in [0.5, 0.6) is 0 Å². The van der Waals surface area contributed by atoms with Crippen LogP contribution in [0, 0.1) is 5.92 Å². The first-order valence-electron chi connectivity index (χ1n) is 6.88. The van der Waals surface area contributed by atoms with Crippen molar-refractivity contribution in [2.75, 3.05) is 24.7 Å². The topological polar surface area (TPSA) is 75.6 Å². The van der Waals surface area contributed by atoms with Crippen LogP contribution in [0.3, 0.4) is 0 Å². The molecule has 2 rings (SSSR count). The van der Waals surface area contributed by atoms with Crippen molar-refractivity contribution in [2.45, 2.75) is 12.5 Å². The highest BCUT2D eigenvalue weighted by Gasteiger charge is 2.34. The lowest BCUT2D eigenvalue weighted by Crippen LogP contribution is -2.43. The van der Waals surface area contributed by atoms with E-state index in [0.717, 1.165) is 12.2 Å². The molecule has 1 aromatic carbocycles. The first-order valence-corrected chi connectivity index (χ1v) is 8.04. The molecule has 2 atom stereocenters. The van der Waals surface area contributed by atoms with Gasteiger partial charge in [-0.2, -0.15) is 11.8 Å². The normalized spacial score (nSPS) is 21.1. The van der Waals surface area contributed by atoms with E-state index in [1.165, 1.54) is 5.56 Å². The Morgan fingerprint density at radius 1 is 1.29 bits per heavy atom. The number of carbonyl (C=O) groups is 2. The van der Waals surface area contributed by atoms with Crippen LogP contribution in [0.4, 0.5) is 0 Å². The average molecular weight is 309 g/mol. The van der Waals surface area contributed by atoms with Crippen LogP contribution in [-0.2, 0) is 20.7 Å². The maximum absolute atomic E-state index is 11.8. The molecule has 1 aliphatic heterocycles. The summed E-state index contributed by atoms with van der Waals surface area (Å²) in [5, 5.41) is 11.7. The molecule has 0 radical (unpaired) electrons. The van der Waals surface area contributed by atoms with Gasteiger partial charge in [-0.25, -0.2) is 0 Å². The van der Waals surface area contributed by atoms with Gasteiger partial charge in [0, 0.05) is 0 Å². The van der Waals surface area contributed by atoms with Gasteiger partial charge in [0.05, 0.1) is 25.0 Å². The number of carbonyl (C=O) groups excluding carboxylic acids is 1. The molecule has 0 saturated carbocycles. The summed E-state index contributed by atoms with van der Waals surface area (Å²) in [6, 6.07) is 9.69. The minimum absolute atomic E-state index is 0.130. The predicted octanol–water partition coefficient (Wildman–Crippen LogP) is 1.18. The highest BCUT2D eigenvalue weighted by atomic mass is 32.2. The van der Waals surface area contributed by atoms with Gasteiger partial charge in [-0.05, 0) is 17.7 Å². The lowest BCUT2D eigenvalue weighted by Gasteiger charge is -2.15. The van der Waals surface area contributed by atoms with Crippen molar-refractivity contribution in [3.63, 3.8) is 0 Å². The van der Waals surface area contributed by atoms with Gasteiger partial charge in [-0.1, -0.05) is 30.3 Å². The van der Waals surface area contributed by atoms with E-state index in [-0.39, 0.29) is 19.1 Å². The van der Waals surface area contributed by atoms with E-state index >= 15 is 0 Å². The number of hydrogen-bond acceptors (Lipinski definition) is 4. The minimum Gasteiger partial charge on any atom is -0.481 e. The molecule has 0 bridgehead atoms. The largest absolute Gasteiger partial charge is 0.481 e. The van der Waals surface area contributed by atoms with Crippen LogP contribution >= 0.6 is 11.8 Å². The van der Waals surface area contributed by atoms with Gasteiger partial charge in [-0.15, -0.1) is 0 Å². The van der Waals surface area contributed by atoms with Gasteiger partial charge in [0.25, 0.3) is 0 Å². The average Bonchev–Trinajstić information content (AvgIpc) is 2.93. The molecule has 0 aliphatic carbocycles. The molecular formula is C15H19NO4S. The molecule has 21 heavy (non-hydrogen) atoms. The molecule has 1 fully saturated rings. The summed E-state index contributed by atoms with van der Waals surface area (Å²) in [6.45, 7) is 0.443. The zero-order chi connectivity index (χ0) is 15.1. The molecular weight excluding hydrogens is 290 g/mol. The lowest BCUT2D eigenvalue weighted by molar-refractivity contribution is -0.142. The Labute approximate surface area is 128 Å². The van der Waals surface area contributed by atoms with Crippen molar-refractivity contribution in [1.82, 2.24) is 5.32 Å². The van der Waals surface area contributed by atoms with Crippen molar-refractivity contribution in [3.8, 4) is 0 Å². The van der Waals surface area contributed by atoms with Gasteiger partial charge in [0.2, 0.25) is 5.91 Å². The first-order chi connectivity index (χ1) is 10.2. The second-order valence-corrected chi connectivity index (χ2v) is 6.05. The fourth-order valence-corrected chi connectivity index (χ4v) is 2.98. The molecule has 2 unspecified atom stereocenters. The molecule has 1 heterocycles. The minimum atomic E-state index is -0.922. The number of hydrogen-bond donors (Lipinski definition) is 2. The SMILES string of the molecule is O=C(CSCCc1ccccc1)NC1COCC1C(=O)O. The molecule has 1 amide bonds. The van der Waals surface area contributed by atoms with Gasteiger partial charge in [0.1, 0.15) is 5.92 Å². The van der Waals surface area contributed by atoms with Gasteiger partial charge < -0.3 is 15.2 Å². The number of ether oxygens (including phenoxy) is 1. The number of benzene rings is 1. The summed E-state index contributed by atoms with van der Waals surface area (Å²) >= 11 is 1.55. The fraction of sp³-hybridized carbons (Fsp3) is 0.467. The van der Waals surface area contributed by atoms with E-state index in [1.54, 1.807) is 11.8 Å². The Morgan fingerprint density at radius 2 is 2.05 bits per heavy atom. The number of carboxylic acids is 1. The predicted molar refractivity (Wildman–Crippen MR) is 81.3 cm³/mol. The van der Waals surface area contributed by atoms with Crippen molar-refractivity contribution >= 4 is 23.6 Å². The van der Waals surface area contributed by atoms with Crippen LogP contribution in [0.2, 0.25) is 0 Å². The Bertz CT molecular complexity index is 480. The summed E-state index contributed by atoms with van der Waals surface area (Å²) in [7, 11) is 0. The van der Waals surface area contributed by atoms with Crippen LogP contribution in [0.25, 0.3) is 0 Å². The maximum Gasteiger partial charge on any atom is 0.311 e. The number of amides is 1. The first kappa shape index (κ1) is 15.9. The zero-order valence-electron chi connectivity index (χ0n) is 11.7. The van der Waals surface area contributed by atoms with E-state index in [1.807, 2.05) is 18.2 Å². The number of aliphatic carboxylic acids is 1. The molecule has 1 saturated heterocycles. The van der Waals surface area contributed by atoms with E-state index in [4.69, 9.17) is 9.84 Å². The Balaban J connectivity index is 1.65. The zero-order valence-corrected chi connectivity index (χ0v) is 12.5. The van der Waals surface area contributed by atoms with E-state index in [0.29, 0.717) is 5.75 Å². The van der Waals surface area contributed by atoms with Gasteiger partial charge in [-0.3, -0.25) is 9.59 Å². The third-order valence-electron chi connectivity index (χ3n) is 3.36. The number of thioether (sulfide) groups is 1. The van der Waals surface area contributed by atoms with E-state index in [9.17, 15) is 9.59 Å². The van der Waals surface area contributed by atoms with Crippen LogP contribution < -0.4 is 5.32 Å². The van der Waals surface area contributed by atoms with Crippen molar-refractivity contribution in [2.24, 2.45) is 5.92 Å². The molecule has 1 aromatic rings. The molecule has 5 nitrogen and oxygen atoms in total. The fourth-order valence-electron chi connectivity index (χ4n) is 2.19. The summed E-state index contributed by atoms with van der Waals surface area (Å²) in [4.78, 5) is 22.8. The van der Waals surface area contributed by atoms with Crippen molar-refractivity contribution in [1.29, 1.82) is 0 Å². The number of nitrogens with one attached hydrogen (secondary N) is 1. The lowest BCUT2D eigenvalue weighted by atomic mass is 10.0. The second kappa shape index (κ2) is 8.05. The summed E-state index contributed by atoms with van der Waals surface area (Å²) in [5.41, 5.74) is 1.25. The third-order valence-corrected chi connectivity index (χ3v) is 4.31. The van der Waals surface area contributed by atoms with E-state index < -0.39 is 17.9 Å². The molecule has 6 heteroatoms. The highest BCUT2D eigenvalue weighted by molar-refractivity contribution is 7.99. The maximum atomic E-state index is 11.8. The summed E-state index contributed by atoms with van der Waals surface area (Å²) < 4.78 is 5.11. The third kappa shape index (κ3) is 5.06. The summed E-state index contributed by atoms with van der Waals surface area (Å²) in [5.74, 6) is -0.482. The van der Waals surface area contributed by atoms with Crippen LogP contribution in [0.1, 0.15) is 5.56 Å². The van der Waals surface area contributed by atoms with Crippen molar-refractivity contribution in [3.05, 3.63) is 35.9 Å². The number of rotatable bonds is 7. The number of carboxylic acid groups (broad SMARTS) is 1. The Morgan fingerprint density at radius 3 is 2.76 bits per heavy atom. The highest BCUT2D eigenvalue weighted by Crippen LogP contribution is 2.14. The quantitative estimate of drug-likeness (QED) is 0.740. The smallest absolute Gasteiger partial charge is 0.311 e. The summed E-state index contributed by atoms with van der Waals surface area (Å²) in [6.07, 6.45) is 0.920. The molecule has 114 valence electrons. The Hall–Kier alpha value is -1.53. The van der Waals surface area contributed by atoms with Crippen molar-refractivity contribution < 1.29 is 19.4 Å². The van der Waals surface area contributed by atoms with Gasteiger partial charge in [0.15, 0.2) is 0 Å². The molecule has 0 aromatic heterocycles. The van der Waals surface area contributed by atoms with Crippen LogP contribution in [-0.4, -0.2) is 47.7 Å². The molecule has 0 spiro atoms. The molecule has 1 aliphatic rings. The van der Waals surface area contributed by atoms with Gasteiger partial charge >= 0.3 is 5.97 Å². The standard InChI is InChI=1S/C15H19NO4S/c17-14(16-13-9-20-8-12(13)15(18)19)10-21-7-6-11-4-2-1-3-5-11/h1-5,12-13H,6-10H2,(H,16,17)(H,18,19). The van der Waals surface area contributed by atoms with Crippen LogP contribution in [0.15, 0.2) is 30.3 Å². The second-order valence-electron chi connectivity index (χ2n) is 4.94. The van der Waals surface area contributed by atoms with E-state index in [2.05, 4.69) is 17.4 Å².